The highest BCUT2D eigenvalue weighted by molar-refractivity contribution is 7.89. The molecule has 0 bridgehead atoms. The van der Waals surface area contributed by atoms with Crippen LogP contribution in [0.3, 0.4) is 0 Å². The first-order chi connectivity index (χ1) is 15.3. The first-order valence-corrected chi connectivity index (χ1v) is 12.1. The molecule has 4 rings (SSSR count). The molecule has 1 N–H and O–H groups in total. The van der Waals surface area contributed by atoms with E-state index in [1.807, 2.05) is 48.9 Å². The molecular formula is C22H28N6O3S. The van der Waals surface area contributed by atoms with E-state index in [2.05, 4.69) is 15.5 Å². The highest BCUT2D eigenvalue weighted by atomic mass is 32.2. The lowest BCUT2D eigenvalue weighted by molar-refractivity contribution is -0.126. The average Bonchev–Trinajstić information content (AvgIpc) is 3.36. The molecule has 0 aliphatic carbocycles. The van der Waals surface area contributed by atoms with Crippen molar-refractivity contribution in [3.8, 4) is 5.69 Å². The molecule has 3 heterocycles. The van der Waals surface area contributed by atoms with Crippen LogP contribution in [0.4, 0.5) is 0 Å². The molecule has 1 fully saturated rings. The number of piperidine rings is 1. The minimum absolute atomic E-state index is 0.137. The van der Waals surface area contributed by atoms with E-state index in [0.717, 1.165) is 22.6 Å². The maximum Gasteiger partial charge on any atom is 0.246 e. The van der Waals surface area contributed by atoms with Gasteiger partial charge in [0.25, 0.3) is 0 Å². The second-order valence-electron chi connectivity index (χ2n) is 8.17. The molecule has 1 aromatic carbocycles. The first-order valence-electron chi connectivity index (χ1n) is 10.6. The summed E-state index contributed by atoms with van der Waals surface area (Å²) in [4.78, 5) is 13.1. The second kappa shape index (κ2) is 8.87. The van der Waals surface area contributed by atoms with Crippen molar-refractivity contribution in [2.45, 2.75) is 38.1 Å². The molecule has 0 radical (unpaired) electrons. The summed E-state index contributed by atoms with van der Waals surface area (Å²) in [5.41, 5.74) is 3.77. The Morgan fingerprint density at radius 3 is 2.66 bits per heavy atom. The van der Waals surface area contributed by atoms with Crippen molar-refractivity contribution in [2.75, 3.05) is 13.1 Å². The number of aromatic nitrogens is 4. The van der Waals surface area contributed by atoms with Crippen LogP contribution in [0, 0.1) is 19.8 Å². The van der Waals surface area contributed by atoms with Crippen LogP contribution in [0.2, 0.25) is 0 Å². The number of hydrogen-bond acceptors (Lipinski definition) is 5. The van der Waals surface area contributed by atoms with Crippen molar-refractivity contribution >= 4 is 15.9 Å². The van der Waals surface area contributed by atoms with Crippen LogP contribution < -0.4 is 5.32 Å². The number of nitrogens with zero attached hydrogens (tertiary/aromatic N) is 5. The summed E-state index contributed by atoms with van der Waals surface area (Å²) in [6, 6.07) is 9.85. The van der Waals surface area contributed by atoms with Gasteiger partial charge in [0.15, 0.2) is 0 Å². The molecule has 10 heteroatoms. The summed E-state index contributed by atoms with van der Waals surface area (Å²) in [7, 11) is -1.98. The van der Waals surface area contributed by atoms with Gasteiger partial charge in [0.2, 0.25) is 15.9 Å². The summed E-state index contributed by atoms with van der Waals surface area (Å²) in [5.74, 6) is -0.526. The number of carbonyl (C=O) groups excluding carboxylic acids is 1. The lowest BCUT2D eigenvalue weighted by Gasteiger charge is -2.30. The Balaban J connectivity index is 1.43. The first kappa shape index (κ1) is 22.2. The number of hydrogen-bond donors (Lipinski definition) is 1. The Hall–Kier alpha value is -2.98. The average molecular weight is 457 g/mol. The predicted octanol–water partition coefficient (Wildman–Crippen LogP) is 1.94. The van der Waals surface area contributed by atoms with E-state index in [1.165, 1.54) is 21.4 Å². The summed E-state index contributed by atoms with van der Waals surface area (Å²) in [5, 5.41) is 11.6. The third-order valence-electron chi connectivity index (χ3n) is 5.96. The molecule has 170 valence electrons. The van der Waals surface area contributed by atoms with Gasteiger partial charge >= 0.3 is 0 Å². The lowest BCUT2D eigenvalue weighted by atomic mass is 9.98. The highest BCUT2D eigenvalue weighted by Gasteiger charge is 2.34. The zero-order chi connectivity index (χ0) is 22.9. The predicted molar refractivity (Wildman–Crippen MR) is 120 cm³/mol. The number of nitrogens with one attached hydrogen (secondary N) is 1. The summed E-state index contributed by atoms with van der Waals surface area (Å²) < 4.78 is 30.5. The van der Waals surface area contributed by atoms with Crippen molar-refractivity contribution < 1.29 is 13.2 Å². The monoisotopic (exact) mass is 456 g/mol. The van der Waals surface area contributed by atoms with Crippen LogP contribution in [0.5, 0.6) is 0 Å². The number of aryl methyl sites for hydroxylation is 2. The standard InChI is InChI=1S/C22H28N6O3S/c1-16-21(17(2)28(25-16)19-9-5-4-6-10-19)13-23-22(29)18-8-7-11-27(14-18)32(30,31)20-12-24-26(3)15-20/h4-6,9-10,12,15,18H,7-8,11,13-14H2,1-3H3,(H,23,29). The number of rotatable bonds is 6. The maximum atomic E-state index is 12.9. The van der Waals surface area contributed by atoms with Gasteiger partial charge in [-0.05, 0) is 38.8 Å². The third kappa shape index (κ3) is 4.33. The van der Waals surface area contributed by atoms with Crippen molar-refractivity contribution in [1.29, 1.82) is 0 Å². The molecule has 1 aliphatic rings. The van der Waals surface area contributed by atoms with Crippen molar-refractivity contribution in [2.24, 2.45) is 13.0 Å². The van der Waals surface area contributed by atoms with E-state index in [0.29, 0.717) is 25.9 Å². The van der Waals surface area contributed by atoms with Gasteiger partial charge in [-0.25, -0.2) is 13.1 Å². The van der Waals surface area contributed by atoms with Crippen molar-refractivity contribution in [3.05, 3.63) is 59.7 Å². The molecule has 1 aliphatic heterocycles. The third-order valence-corrected chi connectivity index (χ3v) is 7.77. The zero-order valence-electron chi connectivity index (χ0n) is 18.5. The van der Waals surface area contributed by atoms with Gasteiger partial charge in [-0.3, -0.25) is 9.48 Å². The Bertz CT molecular complexity index is 1220. The van der Waals surface area contributed by atoms with Gasteiger partial charge in [0, 0.05) is 44.1 Å². The minimum atomic E-state index is -3.66. The highest BCUT2D eigenvalue weighted by Crippen LogP contribution is 2.24. The number of benzene rings is 1. The van der Waals surface area contributed by atoms with Crippen molar-refractivity contribution in [1.82, 2.24) is 29.2 Å². The molecule has 2 aromatic heterocycles. The van der Waals surface area contributed by atoms with E-state index < -0.39 is 10.0 Å². The Labute approximate surface area is 188 Å². The largest absolute Gasteiger partial charge is 0.352 e. The van der Waals surface area contributed by atoms with E-state index in [-0.39, 0.29) is 23.3 Å². The van der Waals surface area contributed by atoms with Crippen LogP contribution >= 0.6 is 0 Å². The van der Waals surface area contributed by atoms with Gasteiger partial charge in [-0.1, -0.05) is 18.2 Å². The van der Waals surface area contributed by atoms with Crippen molar-refractivity contribution in [3.63, 3.8) is 0 Å². The summed E-state index contributed by atoms with van der Waals surface area (Å²) in [6.07, 6.45) is 4.12. The number of amides is 1. The van der Waals surface area contributed by atoms with Crippen LogP contribution in [0.15, 0.2) is 47.6 Å². The SMILES string of the molecule is Cc1nn(-c2ccccc2)c(C)c1CNC(=O)C1CCCN(S(=O)(=O)c2cnn(C)c2)C1. The fraction of sp³-hybridized carbons (Fsp3) is 0.409. The molecule has 0 saturated carbocycles. The molecule has 0 spiro atoms. The molecule has 1 atom stereocenters. The zero-order valence-corrected chi connectivity index (χ0v) is 19.3. The van der Waals surface area contributed by atoms with Gasteiger partial charge in [0.05, 0.1) is 23.5 Å². The molecule has 32 heavy (non-hydrogen) atoms. The molecular weight excluding hydrogens is 428 g/mol. The smallest absolute Gasteiger partial charge is 0.246 e. The minimum Gasteiger partial charge on any atom is -0.352 e. The van der Waals surface area contributed by atoms with Gasteiger partial charge < -0.3 is 5.32 Å². The summed E-state index contributed by atoms with van der Waals surface area (Å²) >= 11 is 0. The second-order valence-corrected chi connectivity index (χ2v) is 10.1. The Morgan fingerprint density at radius 1 is 1.22 bits per heavy atom. The Kier molecular flexibility index (Phi) is 6.16. The van der Waals surface area contributed by atoms with Crippen LogP contribution in [-0.2, 0) is 28.4 Å². The molecule has 1 unspecified atom stereocenters. The van der Waals surface area contributed by atoms with Gasteiger partial charge in [-0.2, -0.15) is 14.5 Å². The number of para-hydroxylation sites is 1. The van der Waals surface area contributed by atoms with Gasteiger partial charge in [0.1, 0.15) is 4.90 Å². The molecule has 3 aromatic rings. The quantitative estimate of drug-likeness (QED) is 0.611. The van der Waals surface area contributed by atoms with E-state index in [9.17, 15) is 13.2 Å². The topological polar surface area (TPSA) is 102 Å². The van der Waals surface area contributed by atoms with Crippen LogP contribution in [0.25, 0.3) is 5.69 Å². The Morgan fingerprint density at radius 2 is 1.97 bits per heavy atom. The van der Waals surface area contributed by atoms with E-state index >= 15 is 0 Å². The van der Waals surface area contributed by atoms with E-state index in [1.54, 1.807) is 7.05 Å². The fourth-order valence-corrected chi connectivity index (χ4v) is 5.64. The molecule has 1 amide bonds. The molecule has 1 saturated heterocycles. The summed E-state index contributed by atoms with van der Waals surface area (Å²) in [6.45, 7) is 4.84. The fourth-order valence-electron chi connectivity index (χ4n) is 4.13. The number of carbonyl (C=O) groups is 1. The van der Waals surface area contributed by atoms with Gasteiger partial charge in [-0.15, -0.1) is 0 Å². The number of sulfonamides is 1. The van der Waals surface area contributed by atoms with Crippen LogP contribution in [-0.4, -0.2) is 51.3 Å². The lowest BCUT2D eigenvalue weighted by Crippen LogP contribution is -2.45. The normalized spacial score (nSPS) is 17.4. The molecule has 9 nitrogen and oxygen atoms in total. The van der Waals surface area contributed by atoms with E-state index in [4.69, 9.17) is 0 Å². The van der Waals surface area contributed by atoms with Crippen LogP contribution in [0.1, 0.15) is 29.8 Å². The maximum absolute atomic E-state index is 12.9.